The fourth-order valence-corrected chi connectivity index (χ4v) is 3.76. The Morgan fingerprint density at radius 2 is 1.28 bits per heavy atom. The van der Waals surface area contributed by atoms with Crippen LogP contribution in [0.2, 0.25) is 0 Å². The van der Waals surface area contributed by atoms with Crippen molar-refractivity contribution in [3.8, 4) is 0 Å². The van der Waals surface area contributed by atoms with Gasteiger partial charge in [-0.25, -0.2) is 0 Å². The summed E-state index contributed by atoms with van der Waals surface area (Å²) in [5.74, 6) is 0. The highest BCUT2D eigenvalue weighted by atomic mass is 15.3. The molecule has 18 heavy (non-hydrogen) atoms. The third-order valence-electron chi connectivity index (χ3n) is 5.22. The van der Waals surface area contributed by atoms with E-state index in [0.29, 0.717) is 6.04 Å². The van der Waals surface area contributed by atoms with Gasteiger partial charge >= 0.3 is 0 Å². The molecule has 2 saturated heterocycles. The number of piperidine rings is 1. The monoisotopic (exact) mass is 252 g/mol. The summed E-state index contributed by atoms with van der Waals surface area (Å²) in [6.45, 7) is 7.65. The van der Waals surface area contributed by atoms with E-state index in [-0.39, 0.29) is 0 Å². The predicted octanol–water partition coefficient (Wildman–Crippen LogP) is 0.188. The van der Waals surface area contributed by atoms with Gasteiger partial charge in [0.2, 0.25) is 0 Å². The minimum Gasteiger partial charge on any atom is -0.328 e. The van der Waals surface area contributed by atoms with E-state index in [1.165, 1.54) is 65.0 Å². The SMILES string of the molecule is CN1CCC(N2CCN(C3CC(N)C3)CC2)CC1. The Bertz CT molecular complexity index is 261. The quantitative estimate of drug-likeness (QED) is 0.761. The molecular formula is C14H28N4. The Hall–Kier alpha value is -0.160. The van der Waals surface area contributed by atoms with Gasteiger partial charge in [-0.1, -0.05) is 0 Å². The maximum absolute atomic E-state index is 5.89. The molecule has 104 valence electrons. The Kier molecular flexibility index (Phi) is 3.89. The molecule has 1 saturated carbocycles. The Morgan fingerprint density at radius 3 is 1.78 bits per heavy atom. The minimum atomic E-state index is 0.488. The standard InChI is InChI=1S/C14H28N4/c1-16-4-2-13(3-5-16)17-6-8-18(9-7-17)14-10-12(15)11-14/h12-14H,2-11,15H2,1H3. The van der Waals surface area contributed by atoms with Crippen LogP contribution in [0.1, 0.15) is 25.7 Å². The Labute approximate surface area is 111 Å². The third kappa shape index (κ3) is 2.72. The zero-order valence-corrected chi connectivity index (χ0v) is 11.7. The summed E-state index contributed by atoms with van der Waals surface area (Å²) in [7, 11) is 2.24. The van der Waals surface area contributed by atoms with Crippen LogP contribution in [0.5, 0.6) is 0 Å². The van der Waals surface area contributed by atoms with Gasteiger partial charge in [0.1, 0.15) is 0 Å². The fourth-order valence-electron chi connectivity index (χ4n) is 3.76. The zero-order chi connectivity index (χ0) is 12.5. The zero-order valence-electron chi connectivity index (χ0n) is 11.7. The normalized spacial score (nSPS) is 37.7. The molecule has 0 unspecified atom stereocenters. The summed E-state index contributed by atoms with van der Waals surface area (Å²) in [4.78, 5) is 7.87. The first-order valence-electron chi connectivity index (χ1n) is 7.64. The topological polar surface area (TPSA) is 35.7 Å². The molecule has 4 nitrogen and oxygen atoms in total. The molecule has 0 aromatic carbocycles. The minimum absolute atomic E-state index is 0.488. The van der Waals surface area contributed by atoms with Crippen LogP contribution in [-0.2, 0) is 0 Å². The van der Waals surface area contributed by atoms with Crippen molar-refractivity contribution in [2.24, 2.45) is 5.73 Å². The molecule has 0 atom stereocenters. The first-order chi connectivity index (χ1) is 8.72. The van der Waals surface area contributed by atoms with Gasteiger partial charge in [-0.3, -0.25) is 9.80 Å². The number of hydrogen-bond acceptors (Lipinski definition) is 4. The summed E-state index contributed by atoms with van der Waals surface area (Å²) in [6, 6.07) is 2.15. The molecule has 3 fully saturated rings. The Morgan fingerprint density at radius 1 is 0.778 bits per heavy atom. The fraction of sp³-hybridized carbons (Fsp3) is 1.00. The third-order valence-corrected chi connectivity index (χ3v) is 5.22. The molecule has 0 aromatic rings. The maximum atomic E-state index is 5.89. The van der Waals surface area contributed by atoms with E-state index >= 15 is 0 Å². The van der Waals surface area contributed by atoms with E-state index in [2.05, 4.69) is 21.7 Å². The molecule has 2 aliphatic heterocycles. The van der Waals surface area contributed by atoms with Crippen LogP contribution in [0.15, 0.2) is 0 Å². The summed E-state index contributed by atoms with van der Waals surface area (Å²) in [5, 5.41) is 0. The number of nitrogens with zero attached hydrogens (tertiary/aromatic N) is 3. The van der Waals surface area contributed by atoms with E-state index in [1.54, 1.807) is 0 Å². The summed E-state index contributed by atoms with van der Waals surface area (Å²) in [6.07, 6.45) is 5.19. The highest BCUT2D eigenvalue weighted by Gasteiger charge is 2.34. The summed E-state index contributed by atoms with van der Waals surface area (Å²) >= 11 is 0. The second kappa shape index (κ2) is 5.45. The van der Waals surface area contributed by atoms with Crippen molar-refractivity contribution in [1.82, 2.24) is 14.7 Å². The molecule has 4 heteroatoms. The van der Waals surface area contributed by atoms with Crippen LogP contribution < -0.4 is 5.73 Å². The van der Waals surface area contributed by atoms with Crippen molar-refractivity contribution in [3.63, 3.8) is 0 Å². The van der Waals surface area contributed by atoms with Crippen molar-refractivity contribution < 1.29 is 0 Å². The lowest BCUT2D eigenvalue weighted by molar-refractivity contribution is 0.0223. The highest BCUT2D eigenvalue weighted by Crippen LogP contribution is 2.26. The second-order valence-corrected chi connectivity index (χ2v) is 6.49. The van der Waals surface area contributed by atoms with Crippen LogP contribution in [-0.4, -0.2) is 79.1 Å². The summed E-state index contributed by atoms with van der Waals surface area (Å²) < 4.78 is 0. The van der Waals surface area contributed by atoms with Gasteiger partial charge in [0.05, 0.1) is 0 Å². The van der Waals surface area contributed by atoms with Gasteiger partial charge in [0.25, 0.3) is 0 Å². The van der Waals surface area contributed by atoms with E-state index in [1.807, 2.05) is 0 Å². The van der Waals surface area contributed by atoms with Crippen LogP contribution in [0.3, 0.4) is 0 Å². The largest absolute Gasteiger partial charge is 0.328 e. The first-order valence-corrected chi connectivity index (χ1v) is 7.64. The van der Waals surface area contributed by atoms with Crippen LogP contribution in [0.25, 0.3) is 0 Å². The number of likely N-dealkylation sites (tertiary alicyclic amines) is 1. The molecule has 0 spiro atoms. The molecule has 3 rings (SSSR count). The van der Waals surface area contributed by atoms with Crippen LogP contribution in [0, 0.1) is 0 Å². The Balaban J connectivity index is 1.42. The van der Waals surface area contributed by atoms with E-state index < -0.39 is 0 Å². The molecular weight excluding hydrogens is 224 g/mol. The van der Waals surface area contributed by atoms with Crippen molar-refractivity contribution in [3.05, 3.63) is 0 Å². The molecule has 3 aliphatic rings. The highest BCUT2D eigenvalue weighted by molar-refractivity contribution is 4.92. The van der Waals surface area contributed by atoms with Crippen molar-refractivity contribution >= 4 is 0 Å². The van der Waals surface area contributed by atoms with Crippen LogP contribution in [0.4, 0.5) is 0 Å². The number of hydrogen-bond donors (Lipinski definition) is 1. The van der Waals surface area contributed by atoms with Gasteiger partial charge in [-0.05, 0) is 45.8 Å². The number of piperazine rings is 1. The lowest BCUT2D eigenvalue weighted by Gasteiger charge is -2.47. The second-order valence-electron chi connectivity index (χ2n) is 6.49. The molecule has 0 amide bonds. The van der Waals surface area contributed by atoms with E-state index in [4.69, 9.17) is 5.73 Å². The van der Waals surface area contributed by atoms with Gasteiger partial charge < -0.3 is 10.6 Å². The van der Waals surface area contributed by atoms with E-state index in [0.717, 1.165) is 12.1 Å². The molecule has 2 heterocycles. The van der Waals surface area contributed by atoms with Crippen LogP contribution >= 0.6 is 0 Å². The lowest BCUT2D eigenvalue weighted by Crippen LogP contribution is -2.59. The molecule has 0 aromatic heterocycles. The average Bonchev–Trinajstić information content (AvgIpc) is 2.36. The van der Waals surface area contributed by atoms with Gasteiger partial charge in [-0.15, -0.1) is 0 Å². The first kappa shape index (κ1) is 12.9. The average molecular weight is 252 g/mol. The summed E-state index contributed by atoms with van der Waals surface area (Å²) in [5.41, 5.74) is 5.89. The van der Waals surface area contributed by atoms with Gasteiger partial charge in [-0.2, -0.15) is 0 Å². The molecule has 0 radical (unpaired) electrons. The van der Waals surface area contributed by atoms with Crippen molar-refractivity contribution in [1.29, 1.82) is 0 Å². The number of nitrogens with two attached hydrogens (primary N) is 1. The lowest BCUT2D eigenvalue weighted by atomic mass is 9.86. The predicted molar refractivity (Wildman–Crippen MR) is 74.7 cm³/mol. The molecule has 2 N–H and O–H groups in total. The maximum Gasteiger partial charge on any atom is 0.0126 e. The smallest absolute Gasteiger partial charge is 0.0126 e. The van der Waals surface area contributed by atoms with Crippen molar-refractivity contribution in [2.45, 2.75) is 43.8 Å². The van der Waals surface area contributed by atoms with Gasteiger partial charge in [0, 0.05) is 44.3 Å². The number of rotatable bonds is 2. The molecule has 0 bridgehead atoms. The van der Waals surface area contributed by atoms with E-state index in [9.17, 15) is 0 Å². The van der Waals surface area contributed by atoms with Gasteiger partial charge in [0.15, 0.2) is 0 Å². The van der Waals surface area contributed by atoms with Crippen molar-refractivity contribution in [2.75, 3.05) is 46.3 Å². The molecule has 1 aliphatic carbocycles.